The first-order valence-corrected chi connectivity index (χ1v) is 5.99. The average molecular weight is 242 g/mol. The third kappa shape index (κ3) is 1.70. The molecule has 0 saturated carbocycles. The molecule has 1 N–H and O–H groups in total. The molecule has 1 amide bonds. The Morgan fingerprint density at radius 1 is 1.28 bits per heavy atom. The lowest BCUT2D eigenvalue weighted by atomic mass is 9.88. The summed E-state index contributed by atoms with van der Waals surface area (Å²) < 4.78 is 2.04. The van der Waals surface area contributed by atoms with E-state index in [1.807, 2.05) is 42.1 Å². The van der Waals surface area contributed by atoms with Crippen molar-refractivity contribution < 1.29 is 9.59 Å². The van der Waals surface area contributed by atoms with E-state index in [1.54, 1.807) is 0 Å². The van der Waals surface area contributed by atoms with Gasteiger partial charge in [-0.1, -0.05) is 6.07 Å². The van der Waals surface area contributed by atoms with Crippen LogP contribution in [0.25, 0.3) is 10.9 Å². The minimum atomic E-state index is -0.289. The fraction of sp³-hybridized carbons (Fsp3) is 0.286. The summed E-state index contributed by atoms with van der Waals surface area (Å²) in [7, 11) is 1.99. The standard InChI is InChI=1S/C14H14N2O2/c1-16-5-4-10-6-9(2-3-12(10)16)11-7-14(18)15-8-13(11)17/h2-6,11H,7-8H2,1H3,(H,15,18). The Balaban J connectivity index is 2.02. The van der Waals surface area contributed by atoms with E-state index >= 15 is 0 Å². The predicted molar refractivity (Wildman–Crippen MR) is 68.3 cm³/mol. The number of benzene rings is 1. The van der Waals surface area contributed by atoms with E-state index in [0.29, 0.717) is 0 Å². The quantitative estimate of drug-likeness (QED) is 0.820. The van der Waals surface area contributed by atoms with Crippen LogP contribution in [0.5, 0.6) is 0 Å². The largest absolute Gasteiger partial charge is 0.351 e. The molecule has 2 aromatic rings. The predicted octanol–water partition coefficient (Wildman–Crippen LogP) is 1.35. The van der Waals surface area contributed by atoms with Crippen molar-refractivity contribution in [2.75, 3.05) is 6.54 Å². The van der Waals surface area contributed by atoms with Gasteiger partial charge >= 0.3 is 0 Å². The van der Waals surface area contributed by atoms with Gasteiger partial charge in [-0.05, 0) is 29.1 Å². The molecule has 0 radical (unpaired) electrons. The van der Waals surface area contributed by atoms with Gasteiger partial charge in [-0.25, -0.2) is 0 Å². The SMILES string of the molecule is Cn1ccc2cc(C3CC(=O)NCC3=O)ccc21. The summed E-state index contributed by atoms with van der Waals surface area (Å²) in [4.78, 5) is 23.3. The molecule has 92 valence electrons. The van der Waals surface area contributed by atoms with Gasteiger partial charge < -0.3 is 9.88 Å². The molecule has 4 heteroatoms. The molecule has 1 aromatic carbocycles. The van der Waals surface area contributed by atoms with E-state index in [1.165, 1.54) is 0 Å². The molecule has 0 aliphatic carbocycles. The van der Waals surface area contributed by atoms with Crippen LogP contribution in [0.2, 0.25) is 0 Å². The number of carbonyl (C=O) groups is 2. The van der Waals surface area contributed by atoms with Gasteiger partial charge in [0, 0.05) is 25.2 Å². The van der Waals surface area contributed by atoms with E-state index < -0.39 is 0 Å². The van der Waals surface area contributed by atoms with Crippen molar-refractivity contribution in [2.24, 2.45) is 7.05 Å². The molecule has 1 atom stereocenters. The van der Waals surface area contributed by atoms with E-state index in [2.05, 4.69) is 5.32 Å². The lowest BCUT2D eigenvalue weighted by Gasteiger charge is -2.21. The highest BCUT2D eigenvalue weighted by Crippen LogP contribution is 2.26. The summed E-state index contributed by atoms with van der Waals surface area (Å²) >= 11 is 0. The first kappa shape index (κ1) is 11.0. The topological polar surface area (TPSA) is 51.1 Å². The van der Waals surface area contributed by atoms with Gasteiger partial charge in [0.1, 0.15) is 0 Å². The zero-order valence-electron chi connectivity index (χ0n) is 10.1. The molecule has 18 heavy (non-hydrogen) atoms. The Labute approximate surface area is 105 Å². The third-order valence-electron chi connectivity index (χ3n) is 3.55. The van der Waals surface area contributed by atoms with Crippen LogP contribution in [0.3, 0.4) is 0 Å². The van der Waals surface area contributed by atoms with E-state index in [0.717, 1.165) is 16.5 Å². The van der Waals surface area contributed by atoms with Gasteiger partial charge in [-0.2, -0.15) is 0 Å². The fourth-order valence-corrected chi connectivity index (χ4v) is 2.50. The number of Topliss-reactive ketones (excluding diaryl/α,β-unsaturated/α-hetero) is 1. The van der Waals surface area contributed by atoms with Gasteiger partial charge in [0.05, 0.1) is 12.5 Å². The Hall–Kier alpha value is -2.10. The van der Waals surface area contributed by atoms with Crippen molar-refractivity contribution in [3.8, 4) is 0 Å². The smallest absolute Gasteiger partial charge is 0.221 e. The Kier molecular flexibility index (Phi) is 2.44. The average Bonchev–Trinajstić information content (AvgIpc) is 2.74. The highest BCUT2D eigenvalue weighted by Gasteiger charge is 2.28. The molecule has 1 aliphatic heterocycles. The Bertz CT molecular complexity index is 642. The normalized spacial score (nSPS) is 20.2. The molecule has 1 aliphatic rings. The zero-order chi connectivity index (χ0) is 12.7. The molecule has 2 heterocycles. The molecule has 1 aromatic heterocycles. The number of aromatic nitrogens is 1. The number of amides is 1. The molecule has 3 rings (SSSR count). The van der Waals surface area contributed by atoms with Crippen molar-refractivity contribution in [3.63, 3.8) is 0 Å². The Morgan fingerprint density at radius 3 is 2.94 bits per heavy atom. The second-order valence-corrected chi connectivity index (χ2v) is 4.74. The van der Waals surface area contributed by atoms with Crippen LogP contribution in [0.4, 0.5) is 0 Å². The summed E-state index contributed by atoms with van der Waals surface area (Å²) in [5, 5.41) is 3.69. The molecule has 1 unspecified atom stereocenters. The molecule has 0 bridgehead atoms. The number of rotatable bonds is 1. The number of hydrogen-bond donors (Lipinski definition) is 1. The molecule has 1 saturated heterocycles. The number of hydrogen-bond acceptors (Lipinski definition) is 2. The zero-order valence-corrected chi connectivity index (χ0v) is 10.1. The van der Waals surface area contributed by atoms with Gasteiger partial charge in [0.25, 0.3) is 0 Å². The molecule has 0 spiro atoms. The molecular weight excluding hydrogens is 228 g/mol. The first-order chi connectivity index (χ1) is 8.65. The third-order valence-corrected chi connectivity index (χ3v) is 3.55. The maximum Gasteiger partial charge on any atom is 0.221 e. The second kappa shape index (κ2) is 3.98. The highest BCUT2D eigenvalue weighted by atomic mass is 16.2. The van der Waals surface area contributed by atoms with Crippen LogP contribution in [-0.2, 0) is 16.6 Å². The summed E-state index contributed by atoms with van der Waals surface area (Å²) in [6.07, 6.45) is 2.25. The number of fused-ring (bicyclic) bond motifs is 1. The lowest BCUT2D eigenvalue weighted by Crippen LogP contribution is -2.39. The van der Waals surface area contributed by atoms with Gasteiger partial charge in [-0.15, -0.1) is 0 Å². The molecular formula is C14H14N2O2. The van der Waals surface area contributed by atoms with Crippen LogP contribution >= 0.6 is 0 Å². The number of aryl methyl sites for hydroxylation is 1. The Morgan fingerprint density at radius 2 is 2.11 bits per heavy atom. The van der Waals surface area contributed by atoms with Crippen LogP contribution in [0.15, 0.2) is 30.5 Å². The van der Waals surface area contributed by atoms with E-state index in [-0.39, 0.29) is 30.6 Å². The minimum absolute atomic E-state index is 0.0484. The number of nitrogens with zero attached hydrogens (tertiary/aromatic N) is 1. The van der Waals surface area contributed by atoms with Crippen LogP contribution in [0, 0.1) is 0 Å². The van der Waals surface area contributed by atoms with Crippen LogP contribution < -0.4 is 5.32 Å². The minimum Gasteiger partial charge on any atom is -0.351 e. The van der Waals surface area contributed by atoms with Gasteiger partial charge in [0.2, 0.25) is 5.91 Å². The number of nitrogens with one attached hydrogen (secondary N) is 1. The lowest BCUT2D eigenvalue weighted by molar-refractivity contribution is -0.131. The van der Waals surface area contributed by atoms with E-state index in [9.17, 15) is 9.59 Å². The maximum atomic E-state index is 11.9. The molecule has 1 fully saturated rings. The highest BCUT2D eigenvalue weighted by molar-refractivity contribution is 5.98. The van der Waals surface area contributed by atoms with Crippen LogP contribution in [-0.4, -0.2) is 22.8 Å². The van der Waals surface area contributed by atoms with Gasteiger partial charge in [0.15, 0.2) is 5.78 Å². The van der Waals surface area contributed by atoms with Gasteiger partial charge in [-0.3, -0.25) is 9.59 Å². The van der Waals surface area contributed by atoms with Crippen molar-refractivity contribution in [1.29, 1.82) is 0 Å². The van der Waals surface area contributed by atoms with Crippen molar-refractivity contribution in [3.05, 3.63) is 36.0 Å². The first-order valence-electron chi connectivity index (χ1n) is 5.99. The summed E-state index contributed by atoms with van der Waals surface area (Å²) in [6.45, 7) is 0.149. The second-order valence-electron chi connectivity index (χ2n) is 4.74. The van der Waals surface area contributed by atoms with Crippen molar-refractivity contribution in [2.45, 2.75) is 12.3 Å². The van der Waals surface area contributed by atoms with E-state index in [4.69, 9.17) is 0 Å². The van der Waals surface area contributed by atoms with Crippen molar-refractivity contribution in [1.82, 2.24) is 9.88 Å². The monoisotopic (exact) mass is 242 g/mol. The number of carbonyl (C=O) groups excluding carboxylic acids is 2. The number of piperidine rings is 1. The van der Waals surface area contributed by atoms with Crippen LogP contribution in [0.1, 0.15) is 17.9 Å². The molecule has 4 nitrogen and oxygen atoms in total. The number of ketones is 1. The summed E-state index contributed by atoms with van der Waals surface area (Å²) in [6, 6.07) is 7.98. The summed E-state index contributed by atoms with van der Waals surface area (Å²) in [5.41, 5.74) is 2.07. The van der Waals surface area contributed by atoms with Crippen molar-refractivity contribution >= 4 is 22.6 Å². The fourth-order valence-electron chi connectivity index (χ4n) is 2.50. The summed E-state index contributed by atoms with van der Waals surface area (Å²) in [5.74, 6) is -0.249. The maximum absolute atomic E-state index is 11.9.